The maximum absolute atomic E-state index is 13.4. The quantitative estimate of drug-likeness (QED) is 0.848. The molecule has 1 atom stereocenters. The number of rotatable bonds is 5. The second-order valence-electron chi connectivity index (χ2n) is 4.56. The monoisotopic (exact) mass is 290 g/mol. The van der Waals surface area contributed by atoms with Gasteiger partial charge in [-0.05, 0) is 30.2 Å². The zero-order valence-electron chi connectivity index (χ0n) is 11.1. The Balaban J connectivity index is 2.04. The third-order valence-electron chi connectivity index (χ3n) is 2.98. The number of carbonyl (C=O) groups is 1. The fraction of sp³-hybridized carbons (Fsp3) is 0.188. The molecular weight excluding hydrogens is 275 g/mol. The van der Waals surface area contributed by atoms with E-state index in [9.17, 15) is 13.4 Å². The molecule has 0 aliphatic rings. The lowest BCUT2D eigenvalue weighted by Crippen LogP contribution is -2.14. The van der Waals surface area contributed by atoms with Crippen LogP contribution in [0.15, 0.2) is 53.4 Å². The minimum atomic E-state index is -1.38. The molecule has 104 valence electrons. The van der Waals surface area contributed by atoms with Crippen molar-refractivity contribution in [3.63, 3.8) is 0 Å². The van der Waals surface area contributed by atoms with Crippen LogP contribution >= 0.6 is 0 Å². The van der Waals surface area contributed by atoms with E-state index in [1.165, 1.54) is 6.07 Å². The van der Waals surface area contributed by atoms with Crippen molar-refractivity contribution in [2.24, 2.45) is 0 Å². The van der Waals surface area contributed by atoms with Crippen molar-refractivity contribution in [2.75, 3.05) is 5.75 Å². The average Bonchev–Trinajstić information content (AvgIpc) is 2.41. The maximum atomic E-state index is 13.4. The Labute approximate surface area is 120 Å². The Hall–Kier alpha value is -1.81. The van der Waals surface area contributed by atoms with Crippen LogP contribution in [0, 0.1) is 12.7 Å². The van der Waals surface area contributed by atoms with Crippen LogP contribution in [-0.2, 0) is 22.0 Å². The van der Waals surface area contributed by atoms with Crippen LogP contribution in [0.1, 0.15) is 11.1 Å². The number of ketones is 1. The first-order chi connectivity index (χ1) is 9.58. The summed E-state index contributed by atoms with van der Waals surface area (Å²) in [6.45, 7) is 1.86. The van der Waals surface area contributed by atoms with E-state index in [1.807, 2.05) is 19.1 Å². The molecule has 20 heavy (non-hydrogen) atoms. The SMILES string of the molecule is Cc1ccccc1S(=O)CC(=O)Cc1ccccc1F. The summed E-state index contributed by atoms with van der Waals surface area (Å²) in [6.07, 6.45) is -0.0235. The van der Waals surface area contributed by atoms with E-state index in [4.69, 9.17) is 0 Å². The van der Waals surface area contributed by atoms with Crippen LogP contribution in [0.3, 0.4) is 0 Å². The molecule has 2 rings (SSSR count). The molecule has 0 bridgehead atoms. The largest absolute Gasteiger partial charge is 0.298 e. The number of halogens is 1. The van der Waals surface area contributed by atoms with Crippen LogP contribution in [0.4, 0.5) is 4.39 Å². The molecular formula is C16H15FO2S. The summed E-state index contributed by atoms with van der Waals surface area (Å²) in [5.41, 5.74) is 1.24. The molecule has 0 amide bonds. The van der Waals surface area contributed by atoms with Crippen molar-refractivity contribution >= 4 is 16.6 Å². The number of hydrogen-bond acceptors (Lipinski definition) is 2. The third-order valence-corrected chi connectivity index (χ3v) is 4.51. The Morgan fingerprint density at radius 3 is 2.45 bits per heavy atom. The van der Waals surface area contributed by atoms with Crippen molar-refractivity contribution in [1.82, 2.24) is 0 Å². The topological polar surface area (TPSA) is 34.1 Å². The summed E-state index contributed by atoms with van der Waals surface area (Å²) < 4.78 is 25.6. The fourth-order valence-electron chi connectivity index (χ4n) is 1.94. The smallest absolute Gasteiger partial charge is 0.150 e. The molecule has 4 heteroatoms. The van der Waals surface area contributed by atoms with Gasteiger partial charge in [0.2, 0.25) is 0 Å². The highest BCUT2D eigenvalue weighted by molar-refractivity contribution is 7.85. The van der Waals surface area contributed by atoms with Crippen LogP contribution in [0.2, 0.25) is 0 Å². The van der Waals surface area contributed by atoms with Gasteiger partial charge in [-0.25, -0.2) is 4.39 Å². The Morgan fingerprint density at radius 2 is 1.75 bits per heavy atom. The highest BCUT2D eigenvalue weighted by Crippen LogP contribution is 2.14. The lowest BCUT2D eigenvalue weighted by molar-refractivity contribution is -0.116. The standard InChI is InChI=1S/C16H15FO2S/c1-12-6-2-5-9-16(12)20(19)11-14(18)10-13-7-3-4-8-15(13)17/h2-9H,10-11H2,1H3. The lowest BCUT2D eigenvalue weighted by Gasteiger charge is -2.06. The molecule has 0 aliphatic heterocycles. The van der Waals surface area contributed by atoms with Gasteiger partial charge in [0.15, 0.2) is 0 Å². The molecule has 0 saturated carbocycles. The summed E-state index contributed by atoms with van der Waals surface area (Å²) in [4.78, 5) is 12.6. The minimum Gasteiger partial charge on any atom is -0.298 e. The molecule has 2 nitrogen and oxygen atoms in total. The Kier molecular flexibility index (Phi) is 4.79. The van der Waals surface area contributed by atoms with Crippen molar-refractivity contribution in [3.05, 3.63) is 65.5 Å². The molecule has 2 aromatic carbocycles. The minimum absolute atomic E-state index is 0.0235. The predicted molar refractivity (Wildman–Crippen MR) is 77.6 cm³/mol. The highest BCUT2D eigenvalue weighted by atomic mass is 32.2. The van der Waals surface area contributed by atoms with Gasteiger partial charge in [0.25, 0.3) is 0 Å². The number of benzene rings is 2. The van der Waals surface area contributed by atoms with Gasteiger partial charge >= 0.3 is 0 Å². The second-order valence-corrected chi connectivity index (χ2v) is 5.98. The van der Waals surface area contributed by atoms with Crippen LogP contribution in [0.5, 0.6) is 0 Å². The van der Waals surface area contributed by atoms with Gasteiger partial charge < -0.3 is 0 Å². The molecule has 0 aromatic heterocycles. The molecule has 0 N–H and O–H groups in total. The van der Waals surface area contributed by atoms with Crippen molar-refractivity contribution in [3.8, 4) is 0 Å². The number of hydrogen-bond donors (Lipinski definition) is 0. The molecule has 1 unspecified atom stereocenters. The molecule has 0 fully saturated rings. The van der Waals surface area contributed by atoms with E-state index in [0.29, 0.717) is 10.5 Å². The van der Waals surface area contributed by atoms with Gasteiger partial charge in [0.1, 0.15) is 11.6 Å². The molecule has 0 saturated heterocycles. The number of carbonyl (C=O) groups excluding carboxylic acids is 1. The summed E-state index contributed by atoms with van der Waals surface area (Å²) in [7, 11) is -1.38. The van der Waals surface area contributed by atoms with Gasteiger partial charge in [-0.15, -0.1) is 0 Å². The summed E-state index contributed by atoms with van der Waals surface area (Å²) in [5.74, 6) is -0.710. The van der Waals surface area contributed by atoms with Crippen LogP contribution in [-0.4, -0.2) is 15.7 Å². The van der Waals surface area contributed by atoms with Crippen molar-refractivity contribution in [2.45, 2.75) is 18.2 Å². The Bertz CT molecular complexity index is 652. The molecule has 0 aliphatic carbocycles. The first-order valence-electron chi connectivity index (χ1n) is 6.27. The van der Waals surface area contributed by atoms with Gasteiger partial charge in [0.05, 0.1) is 16.6 Å². The molecule has 2 aromatic rings. The first-order valence-corrected chi connectivity index (χ1v) is 7.59. The Morgan fingerprint density at radius 1 is 1.10 bits per heavy atom. The van der Waals surface area contributed by atoms with Gasteiger partial charge in [-0.2, -0.15) is 0 Å². The highest BCUT2D eigenvalue weighted by Gasteiger charge is 2.14. The molecule has 0 radical (unpaired) electrons. The number of Topliss-reactive ketones (excluding diaryl/α,β-unsaturated/α-hetero) is 1. The second kappa shape index (κ2) is 6.57. The van der Waals surface area contributed by atoms with E-state index in [1.54, 1.807) is 30.3 Å². The maximum Gasteiger partial charge on any atom is 0.150 e. The summed E-state index contributed by atoms with van der Waals surface area (Å²) in [5, 5.41) is 0. The zero-order valence-corrected chi connectivity index (χ0v) is 12.0. The van der Waals surface area contributed by atoms with E-state index in [2.05, 4.69) is 0 Å². The van der Waals surface area contributed by atoms with Gasteiger partial charge in [0, 0.05) is 11.3 Å². The predicted octanol–water partition coefficient (Wildman–Crippen LogP) is 3.05. The lowest BCUT2D eigenvalue weighted by atomic mass is 10.1. The first kappa shape index (κ1) is 14.6. The van der Waals surface area contributed by atoms with Gasteiger partial charge in [-0.1, -0.05) is 36.4 Å². The average molecular weight is 290 g/mol. The van der Waals surface area contributed by atoms with E-state index in [0.717, 1.165) is 5.56 Å². The van der Waals surface area contributed by atoms with Crippen LogP contribution < -0.4 is 0 Å². The van der Waals surface area contributed by atoms with E-state index < -0.39 is 16.6 Å². The van der Waals surface area contributed by atoms with Crippen molar-refractivity contribution in [1.29, 1.82) is 0 Å². The van der Waals surface area contributed by atoms with E-state index >= 15 is 0 Å². The van der Waals surface area contributed by atoms with Crippen LogP contribution in [0.25, 0.3) is 0 Å². The fourth-order valence-corrected chi connectivity index (χ4v) is 3.15. The molecule has 0 spiro atoms. The zero-order chi connectivity index (χ0) is 14.5. The van der Waals surface area contributed by atoms with Gasteiger partial charge in [-0.3, -0.25) is 9.00 Å². The third kappa shape index (κ3) is 3.61. The number of aryl methyl sites for hydroxylation is 1. The molecule has 0 heterocycles. The van der Waals surface area contributed by atoms with E-state index in [-0.39, 0.29) is 18.0 Å². The summed E-state index contributed by atoms with van der Waals surface area (Å²) in [6, 6.07) is 13.4. The van der Waals surface area contributed by atoms with Crippen molar-refractivity contribution < 1.29 is 13.4 Å². The normalized spacial score (nSPS) is 12.1. The summed E-state index contributed by atoms with van der Waals surface area (Å²) >= 11 is 0.